The molecule has 3 aromatic rings. The molecule has 0 radical (unpaired) electrons. The van der Waals surface area contributed by atoms with Crippen LogP contribution in [0.25, 0.3) is 11.1 Å². The summed E-state index contributed by atoms with van der Waals surface area (Å²) < 4.78 is 6.96. The quantitative estimate of drug-likeness (QED) is 0.721. The molecular weight excluding hydrogens is 332 g/mol. The van der Waals surface area contributed by atoms with Crippen molar-refractivity contribution in [1.82, 2.24) is 19.4 Å². The van der Waals surface area contributed by atoms with Crippen LogP contribution in [0.1, 0.15) is 47.6 Å². The topological polar surface area (TPSA) is 81.2 Å². The van der Waals surface area contributed by atoms with Crippen LogP contribution in [0.3, 0.4) is 0 Å². The van der Waals surface area contributed by atoms with Crippen LogP contribution in [0.15, 0.2) is 39.9 Å². The van der Waals surface area contributed by atoms with E-state index in [1.54, 1.807) is 20.2 Å². The highest BCUT2D eigenvalue weighted by atomic mass is 16.3. The molecule has 0 bridgehead atoms. The average Bonchev–Trinajstić information content (AvgIpc) is 3.40. The lowest BCUT2D eigenvalue weighted by molar-refractivity contribution is 0.0670. The van der Waals surface area contributed by atoms with Gasteiger partial charge in [-0.05, 0) is 38.8 Å². The normalized spacial score (nSPS) is 15.2. The van der Waals surface area contributed by atoms with Gasteiger partial charge >= 0.3 is 0 Å². The molecule has 26 heavy (non-hydrogen) atoms. The van der Waals surface area contributed by atoms with Crippen molar-refractivity contribution < 1.29 is 9.21 Å². The van der Waals surface area contributed by atoms with Gasteiger partial charge in [-0.15, -0.1) is 0 Å². The van der Waals surface area contributed by atoms with Gasteiger partial charge in [-0.25, -0.2) is 4.98 Å². The Morgan fingerprint density at radius 3 is 2.77 bits per heavy atom. The maximum atomic E-state index is 13.5. The van der Waals surface area contributed by atoms with E-state index in [1.165, 1.54) is 10.9 Å². The number of fused-ring (bicyclic) bond motifs is 1. The van der Waals surface area contributed by atoms with Crippen molar-refractivity contribution in [1.29, 1.82) is 0 Å². The molecule has 0 aliphatic heterocycles. The van der Waals surface area contributed by atoms with Crippen LogP contribution >= 0.6 is 0 Å². The van der Waals surface area contributed by atoms with Crippen LogP contribution in [-0.4, -0.2) is 31.4 Å². The average molecular weight is 352 g/mol. The van der Waals surface area contributed by atoms with Crippen LogP contribution in [0.2, 0.25) is 0 Å². The number of nitrogens with zero attached hydrogens (tertiary/aromatic N) is 4. The van der Waals surface area contributed by atoms with Crippen molar-refractivity contribution in [3.05, 3.63) is 58.1 Å². The molecule has 0 spiro atoms. The van der Waals surface area contributed by atoms with Gasteiger partial charge in [0.05, 0.1) is 17.3 Å². The van der Waals surface area contributed by atoms with Gasteiger partial charge in [0.2, 0.25) is 5.71 Å². The molecule has 3 heterocycles. The molecule has 134 valence electrons. The molecule has 7 nitrogen and oxygen atoms in total. The molecule has 1 unspecified atom stereocenters. The van der Waals surface area contributed by atoms with Gasteiger partial charge in [-0.2, -0.15) is 0 Å². The Balaban J connectivity index is 1.83. The number of pyridine rings is 1. The molecule has 3 aromatic heterocycles. The van der Waals surface area contributed by atoms with Crippen molar-refractivity contribution in [3.8, 4) is 0 Å². The summed E-state index contributed by atoms with van der Waals surface area (Å²) in [6.45, 7) is 3.66. The second-order valence-corrected chi connectivity index (χ2v) is 6.75. The summed E-state index contributed by atoms with van der Waals surface area (Å²) in [5.74, 6) is 0.215. The number of carbonyl (C=O) groups excluding carboxylic acids is 1. The summed E-state index contributed by atoms with van der Waals surface area (Å²) in [4.78, 5) is 36.4. The second kappa shape index (κ2) is 6.09. The molecule has 0 N–H and O–H groups in total. The van der Waals surface area contributed by atoms with Gasteiger partial charge < -0.3 is 13.9 Å². The minimum atomic E-state index is -0.281. The number of carbonyl (C=O) groups is 1. The Hall–Kier alpha value is -2.96. The van der Waals surface area contributed by atoms with Gasteiger partial charge in [0.25, 0.3) is 11.5 Å². The number of hydrogen-bond acceptors (Lipinski definition) is 5. The molecule has 7 heteroatoms. The molecule has 0 saturated heterocycles. The molecule has 1 atom stereocenters. The van der Waals surface area contributed by atoms with Crippen LogP contribution in [-0.2, 0) is 7.05 Å². The van der Waals surface area contributed by atoms with Crippen molar-refractivity contribution in [2.75, 3.05) is 0 Å². The minimum absolute atomic E-state index is 0.157. The summed E-state index contributed by atoms with van der Waals surface area (Å²) in [6, 6.07) is 5.63. The third kappa shape index (κ3) is 2.60. The van der Waals surface area contributed by atoms with Crippen molar-refractivity contribution in [2.24, 2.45) is 7.05 Å². The SMILES string of the molecule is Cc1oc2ncn(C)c(=O)c2c1C(=O)N(C1CC1)C(C)c1ccccn1. The zero-order valence-electron chi connectivity index (χ0n) is 15.0. The zero-order chi connectivity index (χ0) is 18.4. The van der Waals surface area contributed by atoms with Gasteiger partial charge in [0.1, 0.15) is 17.5 Å². The number of aryl methyl sites for hydroxylation is 2. The fourth-order valence-corrected chi connectivity index (χ4v) is 3.35. The van der Waals surface area contributed by atoms with Crippen LogP contribution in [0.4, 0.5) is 0 Å². The van der Waals surface area contributed by atoms with E-state index in [-0.39, 0.29) is 34.6 Å². The fourth-order valence-electron chi connectivity index (χ4n) is 3.35. The first-order chi connectivity index (χ1) is 12.5. The minimum Gasteiger partial charge on any atom is -0.442 e. The Kier molecular flexibility index (Phi) is 3.86. The molecule has 4 rings (SSSR count). The summed E-state index contributed by atoms with van der Waals surface area (Å²) in [5.41, 5.74) is 1.05. The summed E-state index contributed by atoms with van der Waals surface area (Å²) >= 11 is 0. The number of furan rings is 1. The first-order valence-electron chi connectivity index (χ1n) is 8.67. The highest BCUT2D eigenvalue weighted by Crippen LogP contribution is 2.36. The predicted octanol–water partition coefficient (Wildman–Crippen LogP) is 2.60. The summed E-state index contributed by atoms with van der Waals surface area (Å²) in [5, 5.41) is 0.247. The zero-order valence-corrected chi connectivity index (χ0v) is 15.0. The number of amides is 1. The summed E-state index contributed by atoms with van der Waals surface area (Å²) in [6.07, 6.45) is 5.03. The Morgan fingerprint density at radius 2 is 2.12 bits per heavy atom. The van der Waals surface area contributed by atoms with Gasteiger partial charge in [0.15, 0.2) is 0 Å². The predicted molar refractivity (Wildman–Crippen MR) is 95.8 cm³/mol. The van der Waals surface area contributed by atoms with Gasteiger partial charge in [-0.1, -0.05) is 6.07 Å². The standard InChI is InChI=1S/C19H20N4O3/c1-11(14-6-4-5-9-20-14)23(13-7-8-13)19(25)15-12(2)26-17-16(15)18(24)22(3)10-21-17/h4-6,9-11,13H,7-8H2,1-3H3. The molecule has 1 aliphatic carbocycles. The fraction of sp³-hybridized carbons (Fsp3) is 0.368. The maximum Gasteiger partial charge on any atom is 0.265 e. The molecule has 1 saturated carbocycles. The lowest BCUT2D eigenvalue weighted by atomic mass is 10.1. The second-order valence-electron chi connectivity index (χ2n) is 6.75. The number of rotatable bonds is 4. The van der Waals surface area contributed by atoms with Crippen molar-refractivity contribution in [3.63, 3.8) is 0 Å². The molecule has 1 amide bonds. The van der Waals surface area contributed by atoms with E-state index in [0.717, 1.165) is 18.5 Å². The third-order valence-corrected chi connectivity index (χ3v) is 4.87. The van der Waals surface area contributed by atoms with E-state index >= 15 is 0 Å². The number of aromatic nitrogens is 3. The Bertz CT molecular complexity index is 1030. The summed E-state index contributed by atoms with van der Waals surface area (Å²) in [7, 11) is 1.61. The van der Waals surface area contributed by atoms with Crippen molar-refractivity contribution >= 4 is 17.0 Å². The highest BCUT2D eigenvalue weighted by Gasteiger charge is 2.39. The maximum absolute atomic E-state index is 13.5. The lowest BCUT2D eigenvalue weighted by Gasteiger charge is -2.29. The van der Waals surface area contributed by atoms with E-state index in [0.29, 0.717) is 11.3 Å². The molecular formula is C19H20N4O3. The largest absolute Gasteiger partial charge is 0.442 e. The van der Waals surface area contributed by atoms with E-state index in [9.17, 15) is 9.59 Å². The first kappa shape index (κ1) is 16.5. The van der Waals surface area contributed by atoms with Crippen LogP contribution in [0, 0.1) is 6.92 Å². The van der Waals surface area contributed by atoms with E-state index in [1.807, 2.05) is 30.0 Å². The van der Waals surface area contributed by atoms with E-state index in [2.05, 4.69) is 9.97 Å². The monoisotopic (exact) mass is 352 g/mol. The Labute approximate surface area is 150 Å². The molecule has 1 aliphatic rings. The first-order valence-corrected chi connectivity index (χ1v) is 8.67. The smallest absolute Gasteiger partial charge is 0.265 e. The lowest BCUT2D eigenvalue weighted by Crippen LogP contribution is -2.36. The molecule has 0 aromatic carbocycles. The van der Waals surface area contributed by atoms with E-state index < -0.39 is 0 Å². The van der Waals surface area contributed by atoms with Gasteiger partial charge in [-0.3, -0.25) is 14.6 Å². The molecule has 1 fully saturated rings. The van der Waals surface area contributed by atoms with Crippen LogP contribution in [0.5, 0.6) is 0 Å². The van der Waals surface area contributed by atoms with E-state index in [4.69, 9.17) is 4.42 Å². The van der Waals surface area contributed by atoms with Gasteiger partial charge in [0, 0.05) is 19.3 Å². The highest BCUT2D eigenvalue weighted by molar-refractivity contribution is 6.06. The Morgan fingerprint density at radius 1 is 1.35 bits per heavy atom. The van der Waals surface area contributed by atoms with Crippen LogP contribution < -0.4 is 5.56 Å². The number of hydrogen-bond donors (Lipinski definition) is 0. The van der Waals surface area contributed by atoms with Crippen molar-refractivity contribution in [2.45, 2.75) is 38.8 Å². The third-order valence-electron chi connectivity index (χ3n) is 4.87.